The molecule has 4 nitrogen and oxygen atoms in total. The molecule has 0 radical (unpaired) electrons. The second-order valence-electron chi connectivity index (χ2n) is 3.68. The first kappa shape index (κ1) is 10.0. The average molecular weight is 185 g/mol. The molecular weight excluding hydrogens is 170 g/mol. The van der Waals surface area contributed by atoms with Crippen LogP contribution in [-0.4, -0.2) is 23.5 Å². The maximum atomic E-state index is 10.7. The molecule has 2 atom stereocenters. The van der Waals surface area contributed by atoms with Gasteiger partial charge >= 0.3 is 11.9 Å². The molecule has 2 N–H and O–H groups in total. The highest BCUT2D eigenvalue weighted by Gasteiger charge is 2.24. The van der Waals surface area contributed by atoms with E-state index in [-0.39, 0.29) is 0 Å². The molecule has 2 unspecified atom stereocenters. The van der Waals surface area contributed by atoms with Crippen molar-refractivity contribution < 1.29 is 14.7 Å². The number of carboxylic acids is 1. The fourth-order valence-electron chi connectivity index (χ4n) is 1.82. The lowest BCUT2D eigenvalue weighted by molar-refractivity contribution is -0.150. The molecule has 1 rings (SSSR count). The van der Waals surface area contributed by atoms with Gasteiger partial charge in [0.25, 0.3) is 0 Å². The summed E-state index contributed by atoms with van der Waals surface area (Å²) in [6.45, 7) is 2.65. The average Bonchev–Trinajstić information content (AvgIpc) is 2.47. The van der Waals surface area contributed by atoms with E-state index in [0.29, 0.717) is 18.4 Å². The predicted molar refractivity (Wildman–Crippen MR) is 47.2 cm³/mol. The van der Waals surface area contributed by atoms with Gasteiger partial charge in [-0.1, -0.05) is 19.8 Å². The maximum Gasteiger partial charge on any atom is 0.394 e. The van der Waals surface area contributed by atoms with Gasteiger partial charge in [0.05, 0.1) is 0 Å². The molecule has 74 valence electrons. The van der Waals surface area contributed by atoms with Gasteiger partial charge in [0.1, 0.15) is 0 Å². The van der Waals surface area contributed by atoms with Crippen molar-refractivity contribution >= 4 is 11.9 Å². The van der Waals surface area contributed by atoms with Crippen LogP contribution >= 0.6 is 0 Å². The molecule has 1 aliphatic carbocycles. The van der Waals surface area contributed by atoms with Crippen LogP contribution in [0.15, 0.2) is 0 Å². The second kappa shape index (κ2) is 4.25. The van der Waals surface area contributed by atoms with Gasteiger partial charge in [-0.05, 0) is 18.3 Å². The lowest BCUT2D eigenvalue weighted by atomic mass is 9.98. The predicted octanol–water partition coefficient (Wildman–Crippen LogP) is 0.623. The van der Waals surface area contributed by atoms with Crippen molar-refractivity contribution in [3.8, 4) is 0 Å². The Morgan fingerprint density at radius 1 is 1.46 bits per heavy atom. The summed E-state index contributed by atoms with van der Waals surface area (Å²) in [6, 6.07) is 0. The summed E-state index contributed by atoms with van der Waals surface area (Å²) >= 11 is 0. The summed E-state index contributed by atoms with van der Waals surface area (Å²) in [5.41, 5.74) is 0. The van der Waals surface area contributed by atoms with E-state index in [1.807, 2.05) is 0 Å². The van der Waals surface area contributed by atoms with E-state index in [1.54, 1.807) is 0 Å². The summed E-state index contributed by atoms with van der Waals surface area (Å²) in [5.74, 6) is -1.22. The number of carboxylic acid groups (broad SMARTS) is 1. The monoisotopic (exact) mass is 185 g/mol. The van der Waals surface area contributed by atoms with E-state index in [0.717, 1.165) is 6.42 Å². The SMILES string of the molecule is CC1CCCC1CNC(=O)C(=O)O. The van der Waals surface area contributed by atoms with Crippen LogP contribution < -0.4 is 5.32 Å². The number of aliphatic carboxylic acids is 1. The fourth-order valence-corrected chi connectivity index (χ4v) is 1.82. The van der Waals surface area contributed by atoms with Crippen LogP contribution in [0.1, 0.15) is 26.2 Å². The number of hydrogen-bond donors (Lipinski definition) is 2. The highest BCUT2D eigenvalue weighted by atomic mass is 16.4. The number of amides is 1. The second-order valence-corrected chi connectivity index (χ2v) is 3.68. The van der Waals surface area contributed by atoms with Crippen molar-refractivity contribution in [2.45, 2.75) is 26.2 Å². The summed E-state index contributed by atoms with van der Waals surface area (Å²) < 4.78 is 0. The third-order valence-corrected chi connectivity index (χ3v) is 2.76. The van der Waals surface area contributed by atoms with Crippen molar-refractivity contribution in [3.63, 3.8) is 0 Å². The quantitative estimate of drug-likeness (QED) is 0.620. The number of hydrogen-bond acceptors (Lipinski definition) is 2. The Bertz CT molecular complexity index is 215. The maximum absolute atomic E-state index is 10.7. The van der Waals surface area contributed by atoms with Gasteiger partial charge in [-0.15, -0.1) is 0 Å². The van der Waals surface area contributed by atoms with Gasteiger partial charge in [-0.2, -0.15) is 0 Å². The van der Waals surface area contributed by atoms with Gasteiger partial charge < -0.3 is 10.4 Å². The molecule has 4 heteroatoms. The van der Waals surface area contributed by atoms with Crippen LogP contribution in [0.3, 0.4) is 0 Å². The Morgan fingerprint density at radius 2 is 2.15 bits per heavy atom. The summed E-state index contributed by atoms with van der Waals surface area (Å²) in [7, 11) is 0. The molecule has 0 heterocycles. The first-order chi connectivity index (χ1) is 6.11. The Balaban J connectivity index is 2.26. The molecule has 0 aromatic heterocycles. The number of carbonyl (C=O) groups is 2. The van der Waals surface area contributed by atoms with E-state index in [9.17, 15) is 9.59 Å². The van der Waals surface area contributed by atoms with Crippen LogP contribution in [0.5, 0.6) is 0 Å². The van der Waals surface area contributed by atoms with Crippen LogP contribution in [0, 0.1) is 11.8 Å². The van der Waals surface area contributed by atoms with Gasteiger partial charge in [-0.3, -0.25) is 4.79 Å². The molecule has 1 amide bonds. The van der Waals surface area contributed by atoms with Crippen LogP contribution in [0.25, 0.3) is 0 Å². The lowest BCUT2D eigenvalue weighted by Gasteiger charge is -2.14. The van der Waals surface area contributed by atoms with Crippen molar-refractivity contribution in [1.82, 2.24) is 5.32 Å². The minimum absolute atomic E-state index is 0.461. The van der Waals surface area contributed by atoms with Gasteiger partial charge in [0, 0.05) is 6.54 Å². The van der Waals surface area contributed by atoms with Gasteiger partial charge in [0.2, 0.25) is 0 Å². The summed E-state index contributed by atoms with van der Waals surface area (Å²) in [5, 5.41) is 10.7. The molecule has 0 aromatic rings. The zero-order valence-electron chi connectivity index (χ0n) is 7.75. The molecule has 1 aliphatic rings. The number of carbonyl (C=O) groups excluding carboxylic acids is 1. The molecule has 0 saturated heterocycles. The fraction of sp³-hybridized carbons (Fsp3) is 0.778. The molecule has 0 spiro atoms. The zero-order valence-corrected chi connectivity index (χ0v) is 7.75. The molecule has 0 aromatic carbocycles. The molecule has 1 fully saturated rings. The minimum atomic E-state index is -1.40. The zero-order chi connectivity index (χ0) is 9.84. The van der Waals surface area contributed by atoms with Crippen LogP contribution in [0.4, 0.5) is 0 Å². The summed E-state index contributed by atoms with van der Waals surface area (Å²) in [4.78, 5) is 20.9. The highest BCUT2D eigenvalue weighted by Crippen LogP contribution is 2.30. The first-order valence-corrected chi connectivity index (χ1v) is 4.62. The highest BCUT2D eigenvalue weighted by molar-refractivity contribution is 6.31. The van der Waals surface area contributed by atoms with Crippen LogP contribution in [-0.2, 0) is 9.59 Å². The van der Waals surface area contributed by atoms with E-state index in [2.05, 4.69) is 12.2 Å². The Kier molecular flexibility index (Phi) is 3.28. The van der Waals surface area contributed by atoms with Gasteiger partial charge in [-0.25, -0.2) is 4.79 Å². The smallest absolute Gasteiger partial charge is 0.394 e. The Hall–Kier alpha value is -1.06. The molecule has 13 heavy (non-hydrogen) atoms. The van der Waals surface area contributed by atoms with E-state index < -0.39 is 11.9 Å². The lowest BCUT2D eigenvalue weighted by Crippen LogP contribution is -2.35. The number of rotatable bonds is 2. The minimum Gasteiger partial charge on any atom is -0.474 e. The van der Waals surface area contributed by atoms with E-state index >= 15 is 0 Å². The third kappa shape index (κ3) is 2.72. The van der Waals surface area contributed by atoms with Crippen LogP contribution in [0.2, 0.25) is 0 Å². The third-order valence-electron chi connectivity index (χ3n) is 2.76. The molecule has 0 aliphatic heterocycles. The van der Waals surface area contributed by atoms with Gasteiger partial charge in [0.15, 0.2) is 0 Å². The van der Waals surface area contributed by atoms with Crippen molar-refractivity contribution in [1.29, 1.82) is 0 Å². The summed E-state index contributed by atoms with van der Waals surface area (Å²) in [6.07, 6.45) is 3.48. The largest absolute Gasteiger partial charge is 0.474 e. The van der Waals surface area contributed by atoms with Crippen molar-refractivity contribution in [2.75, 3.05) is 6.54 Å². The Morgan fingerprint density at radius 3 is 2.62 bits per heavy atom. The van der Waals surface area contributed by atoms with Crippen molar-refractivity contribution in [3.05, 3.63) is 0 Å². The molecule has 1 saturated carbocycles. The van der Waals surface area contributed by atoms with E-state index in [1.165, 1.54) is 12.8 Å². The first-order valence-electron chi connectivity index (χ1n) is 4.62. The normalized spacial score (nSPS) is 27.2. The van der Waals surface area contributed by atoms with Crippen molar-refractivity contribution in [2.24, 2.45) is 11.8 Å². The Labute approximate surface area is 77.3 Å². The van der Waals surface area contributed by atoms with E-state index in [4.69, 9.17) is 5.11 Å². The number of nitrogens with one attached hydrogen (secondary N) is 1. The molecular formula is C9H15NO3. The topological polar surface area (TPSA) is 66.4 Å². The standard InChI is InChI=1S/C9H15NO3/c1-6-3-2-4-7(6)5-10-8(11)9(12)13/h6-7H,2-5H2,1H3,(H,10,11)(H,12,13). The molecule has 0 bridgehead atoms.